The Labute approximate surface area is 107 Å². The number of anilines is 1. The van der Waals surface area contributed by atoms with Gasteiger partial charge in [0.2, 0.25) is 0 Å². The zero-order valence-corrected chi connectivity index (χ0v) is 10.8. The standard InChI is InChI=1S/C14H20F2N2/c1-2-7-17-11-4-3-8-18(10-11)12-5-6-13(15)14(16)9-12/h5-6,9,11,17H,2-4,7-8,10H2,1H3. The Balaban J connectivity index is 2.01. The fourth-order valence-electron chi connectivity index (χ4n) is 2.41. The molecule has 100 valence electrons. The van der Waals surface area contributed by atoms with E-state index in [1.165, 1.54) is 12.1 Å². The lowest BCUT2D eigenvalue weighted by atomic mass is 10.0. The van der Waals surface area contributed by atoms with Gasteiger partial charge in [0.25, 0.3) is 0 Å². The fraction of sp³-hybridized carbons (Fsp3) is 0.571. The molecule has 0 spiro atoms. The second-order valence-corrected chi connectivity index (χ2v) is 4.84. The summed E-state index contributed by atoms with van der Waals surface area (Å²) in [6, 6.07) is 4.60. The van der Waals surface area contributed by atoms with Gasteiger partial charge >= 0.3 is 0 Å². The first kappa shape index (κ1) is 13.3. The van der Waals surface area contributed by atoms with Crippen LogP contribution in [0, 0.1) is 11.6 Å². The molecule has 1 saturated heterocycles. The van der Waals surface area contributed by atoms with Gasteiger partial charge in [-0.2, -0.15) is 0 Å². The number of rotatable bonds is 4. The lowest BCUT2D eigenvalue weighted by Crippen LogP contribution is -2.46. The molecule has 0 aromatic heterocycles. The quantitative estimate of drug-likeness (QED) is 0.888. The second-order valence-electron chi connectivity index (χ2n) is 4.84. The molecule has 0 amide bonds. The highest BCUT2D eigenvalue weighted by Gasteiger charge is 2.20. The van der Waals surface area contributed by atoms with Crippen LogP contribution in [0.2, 0.25) is 0 Å². The summed E-state index contributed by atoms with van der Waals surface area (Å²) in [5.41, 5.74) is 0.775. The average Bonchev–Trinajstić information content (AvgIpc) is 2.40. The smallest absolute Gasteiger partial charge is 0.160 e. The highest BCUT2D eigenvalue weighted by molar-refractivity contribution is 5.47. The molecular formula is C14H20F2N2. The van der Waals surface area contributed by atoms with Crippen LogP contribution in [-0.2, 0) is 0 Å². The molecule has 0 bridgehead atoms. The molecular weight excluding hydrogens is 234 g/mol. The van der Waals surface area contributed by atoms with E-state index in [1.54, 1.807) is 6.07 Å². The summed E-state index contributed by atoms with van der Waals surface area (Å²) in [6.45, 7) is 4.93. The van der Waals surface area contributed by atoms with Gasteiger partial charge < -0.3 is 10.2 Å². The van der Waals surface area contributed by atoms with Crippen LogP contribution < -0.4 is 10.2 Å². The Bertz CT molecular complexity index is 395. The predicted molar refractivity (Wildman–Crippen MR) is 69.9 cm³/mol. The molecule has 0 saturated carbocycles. The lowest BCUT2D eigenvalue weighted by Gasteiger charge is -2.35. The van der Waals surface area contributed by atoms with Crippen molar-refractivity contribution in [3.8, 4) is 0 Å². The van der Waals surface area contributed by atoms with Gasteiger partial charge in [-0.05, 0) is 37.9 Å². The maximum atomic E-state index is 13.2. The van der Waals surface area contributed by atoms with Crippen molar-refractivity contribution in [3.05, 3.63) is 29.8 Å². The van der Waals surface area contributed by atoms with Gasteiger partial charge in [0.05, 0.1) is 0 Å². The Kier molecular flexibility index (Phi) is 4.53. The second kappa shape index (κ2) is 6.14. The van der Waals surface area contributed by atoms with Crippen LogP contribution in [0.5, 0.6) is 0 Å². The van der Waals surface area contributed by atoms with Crippen molar-refractivity contribution in [2.45, 2.75) is 32.2 Å². The Morgan fingerprint density at radius 1 is 1.33 bits per heavy atom. The van der Waals surface area contributed by atoms with Crippen molar-refractivity contribution in [2.24, 2.45) is 0 Å². The Hall–Kier alpha value is -1.16. The molecule has 0 radical (unpaired) electrons. The molecule has 1 aromatic rings. The minimum absolute atomic E-state index is 0.451. The van der Waals surface area contributed by atoms with Crippen LogP contribution in [0.1, 0.15) is 26.2 Å². The summed E-state index contributed by atoms with van der Waals surface area (Å²) in [4.78, 5) is 2.12. The summed E-state index contributed by atoms with van der Waals surface area (Å²) in [6.07, 6.45) is 3.35. The van der Waals surface area contributed by atoms with Gasteiger partial charge in [-0.15, -0.1) is 0 Å². The van der Waals surface area contributed by atoms with Crippen LogP contribution in [0.15, 0.2) is 18.2 Å². The first-order valence-electron chi connectivity index (χ1n) is 6.64. The van der Waals surface area contributed by atoms with E-state index in [-0.39, 0.29) is 0 Å². The summed E-state index contributed by atoms with van der Waals surface area (Å²) < 4.78 is 26.1. The zero-order valence-electron chi connectivity index (χ0n) is 10.8. The molecule has 2 nitrogen and oxygen atoms in total. The monoisotopic (exact) mass is 254 g/mol. The molecule has 1 N–H and O–H groups in total. The van der Waals surface area contributed by atoms with Crippen LogP contribution >= 0.6 is 0 Å². The van der Waals surface area contributed by atoms with Crippen molar-refractivity contribution in [1.82, 2.24) is 5.32 Å². The number of benzene rings is 1. The van der Waals surface area contributed by atoms with E-state index in [1.807, 2.05) is 0 Å². The summed E-state index contributed by atoms with van der Waals surface area (Å²) in [5.74, 6) is -1.55. The number of nitrogens with zero attached hydrogens (tertiary/aromatic N) is 1. The third-order valence-corrected chi connectivity index (χ3v) is 3.37. The highest BCUT2D eigenvalue weighted by atomic mass is 19.2. The topological polar surface area (TPSA) is 15.3 Å². The summed E-state index contributed by atoms with van der Waals surface area (Å²) >= 11 is 0. The van der Waals surface area contributed by atoms with Crippen molar-refractivity contribution in [2.75, 3.05) is 24.5 Å². The van der Waals surface area contributed by atoms with Gasteiger partial charge in [0.1, 0.15) is 0 Å². The van der Waals surface area contributed by atoms with Crippen molar-refractivity contribution in [3.63, 3.8) is 0 Å². The van der Waals surface area contributed by atoms with E-state index in [4.69, 9.17) is 0 Å². The number of hydrogen-bond donors (Lipinski definition) is 1. The van der Waals surface area contributed by atoms with E-state index in [0.717, 1.165) is 44.6 Å². The third kappa shape index (κ3) is 3.19. The summed E-state index contributed by atoms with van der Waals surface area (Å²) in [7, 11) is 0. The molecule has 4 heteroatoms. The van der Waals surface area contributed by atoms with Gasteiger partial charge in [0.15, 0.2) is 11.6 Å². The Morgan fingerprint density at radius 2 is 2.17 bits per heavy atom. The maximum absolute atomic E-state index is 13.2. The SMILES string of the molecule is CCCNC1CCCN(c2ccc(F)c(F)c2)C1. The summed E-state index contributed by atoms with van der Waals surface area (Å²) in [5, 5.41) is 3.49. The van der Waals surface area contributed by atoms with Crippen LogP contribution in [0.25, 0.3) is 0 Å². The van der Waals surface area contributed by atoms with E-state index in [9.17, 15) is 8.78 Å². The Morgan fingerprint density at radius 3 is 2.89 bits per heavy atom. The zero-order chi connectivity index (χ0) is 13.0. The van der Waals surface area contributed by atoms with Gasteiger partial charge in [-0.25, -0.2) is 8.78 Å². The number of nitrogens with one attached hydrogen (secondary N) is 1. The lowest BCUT2D eigenvalue weighted by molar-refractivity contribution is 0.422. The molecule has 1 fully saturated rings. The molecule has 1 aromatic carbocycles. The van der Waals surface area contributed by atoms with Crippen LogP contribution in [0.3, 0.4) is 0 Å². The van der Waals surface area contributed by atoms with Crippen molar-refractivity contribution >= 4 is 5.69 Å². The number of piperidine rings is 1. The fourth-order valence-corrected chi connectivity index (χ4v) is 2.41. The molecule has 1 unspecified atom stereocenters. The minimum Gasteiger partial charge on any atom is -0.370 e. The van der Waals surface area contributed by atoms with E-state index in [2.05, 4.69) is 17.1 Å². The minimum atomic E-state index is -0.781. The first-order valence-corrected chi connectivity index (χ1v) is 6.64. The molecule has 1 atom stereocenters. The number of hydrogen-bond acceptors (Lipinski definition) is 2. The van der Waals surface area contributed by atoms with Crippen molar-refractivity contribution < 1.29 is 8.78 Å². The molecule has 18 heavy (non-hydrogen) atoms. The van der Waals surface area contributed by atoms with Gasteiger partial charge in [0, 0.05) is 30.9 Å². The first-order chi connectivity index (χ1) is 8.70. The third-order valence-electron chi connectivity index (χ3n) is 3.37. The van der Waals surface area contributed by atoms with Gasteiger partial charge in [-0.3, -0.25) is 0 Å². The molecule has 0 aliphatic carbocycles. The van der Waals surface area contributed by atoms with E-state index in [0.29, 0.717) is 6.04 Å². The predicted octanol–water partition coefficient (Wildman–Crippen LogP) is 2.93. The van der Waals surface area contributed by atoms with Gasteiger partial charge in [-0.1, -0.05) is 6.92 Å². The maximum Gasteiger partial charge on any atom is 0.160 e. The van der Waals surface area contributed by atoms with E-state index < -0.39 is 11.6 Å². The molecule has 2 rings (SSSR count). The number of halogens is 2. The normalized spacial score (nSPS) is 20.2. The average molecular weight is 254 g/mol. The molecule has 1 heterocycles. The van der Waals surface area contributed by atoms with Crippen LogP contribution in [0.4, 0.5) is 14.5 Å². The molecule has 1 aliphatic heterocycles. The molecule has 1 aliphatic rings. The largest absolute Gasteiger partial charge is 0.370 e. The highest BCUT2D eigenvalue weighted by Crippen LogP contribution is 2.22. The van der Waals surface area contributed by atoms with E-state index >= 15 is 0 Å². The van der Waals surface area contributed by atoms with Crippen molar-refractivity contribution in [1.29, 1.82) is 0 Å². The van der Waals surface area contributed by atoms with Crippen LogP contribution in [-0.4, -0.2) is 25.7 Å².